The van der Waals surface area contributed by atoms with Gasteiger partial charge < -0.3 is 15.0 Å². The molecule has 5 nitrogen and oxygen atoms in total. The molecule has 1 N–H and O–H groups in total. The first-order valence-electron chi connectivity index (χ1n) is 8.26. The van der Waals surface area contributed by atoms with Gasteiger partial charge in [-0.25, -0.2) is 0 Å². The zero-order valence-electron chi connectivity index (χ0n) is 14.2. The number of nitrogens with zero attached hydrogens (tertiary/aromatic N) is 1. The molecule has 126 valence electrons. The molecule has 5 heteroatoms. The number of ether oxygens (including phenoxy) is 1. The van der Waals surface area contributed by atoms with Crippen LogP contribution in [0.15, 0.2) is 18.2 Å². The minimum Gasteiger partial charge on any atom is -0.382 e. The third-order valence-corrected chi connectivity index (χ3v) is 4.33. The van der Waals surface area contributed by atoms with E-state index >= 15 is 0 Å². The van der Waals surface area contributed by atoms with E-state index in [2.05, 4.69) is 5.32 Å². The number of carbonyl (C=O) groups is 2. The van der Waals surface area contributed by atoms with Gasteiger partial charge in [0.15, 0.2) is 0 Å². The molecule has 1 heterocycles. The second-order valence-corrected chi connectivity index (χ2v) is 5.97. The number of anilines is 1. The summed E-state index contributed by atoms with van der Waals surface area (Å²) in [4.78, 5) is 26.3. The van der Waals surface area contributed by atoms with Crippen LogP contribution < -0.4 is 10.2 Å². The molecular weight excluding hydrogens is 292 g/mol. The van der Waals surface area contributed by atoms with Gasteiger partial charge in [0.25, 0.3) is 0 Å². The van der Waals surface area contributed by atoms with E-state index < -0.39 is 0 Å². The largest absolute Gasteiger partial charge is 0.382 e. The summed E-state index contributed by atoms with van der Waals surface area (Å²) in [5, 5.41) is 2.90. The molecule has 0 aromatic heterocycles. The van der Waals surface area contributed by atoms with Crippen molar-refractivity contribution in [2.45, 2.75) is 33.6 Å². The van der Waals surface area contributed by atoms with Crippen molar-refractivity contribution in [3.63, 3.8) is 0 Å². The van der Waals surface area contributed by atoms with Gasteiger partial charge in [-0.05, 0) is 44.4 Å². The Morgan fingerprint density at radius 1 is 1.39 bits per heavy atom. The standard InChI is InChI=1S/C18H26N2O3/c1-4-23-10-6-9-19-18(22)15-11-17(21)20(12-15)16-8-5-7-13(2)14(16)3/h5,7-8,15H,4,6,9-12H2,1-3H3,(H,19,22). The van der Waals surface area contributed by atoms with Crippen LogP contribution in [0.1, 0.15) is 30.9 Å². The lowest BCUT2D eigenvalue weighted by Crippen LogP contribution is -2.34. The molecule has 0 saturated carbocycles. The highest BCUT2D eigenvalue weighted by Gasteiger charge is 2.35. The summed E-state index contributed by atoms with van der Waals surface area (Å²) in [5.74, 6) is -0.287. The summed E-state index contributed by atoms with van der Waals surface area (Å²) >= 11 is 0. The van der Waals surface area contributed by atoms with Crippen LogP contribution in [0.25, 0.3) is 0 Å². The van der Waals surface area contributed by atoms with Crippen LogP contribution in [0.3, 0.4) is 0 Å². The summed E-state index contributed by atoms with van der Waals surface area (Å²) in [6.45, 7) is 8.38. The zero-order chi connectivity index (χ0) is 16.8. The SMILES string of the molecule is CCOCCCNC(=O)C1CC(=O)N(c2cccc(C)c2C)C1. The molecule has 1 atom stereocenters. The summed E-state index contributed by atoms with van der Waals surface area (Å²) in [5.41, 5.74) is 3.17. The van der Waals surface area contributed by atoms with E-state index in [9.17, 15) is 9.59 Å². The fraction of sp³-hybridized carbons (Fsp3) is 0.556. The summed E-state index contributed by atoms with van der Waals surface area (Å²) in [6.07, 6.45) is 1.08. The van der Waals surface area contributed by atoms with Gasteiger partial charge in [0, 0.05) is 38.4 Å². The minimum absolute atomic E-state index is 0.0215. The summed E-state index contributed by atoms with van der Waals surface area (Å²) in [7, 11) is 0. The highest BCUT2D eigenvalue weighted by atomic mass is 16.5. The van der Waals surface area contributed by atoms with Crippen molar-refractivity contribution < 1.29 is 14.3 Å². The number of aryl methyl sites for hydroxylation is 1. The fourth-order valence-electron chi connectivity index (χ4n) is 2.82. The van der Waals surface area contributed by atoms with E-state index in [4.69, 9.17) is 4.74 Å². The van der Waals surface area contributed by atoms with Crippen LogP contribution in [0, 0.1) is 19.8 Å². The van der Waals surface area contributed by atoms with Crippen LogP contribution in [-0.4, -0.2) is 38.1 Å². The molecule has 0 radical (unpaired) electrons. The number of carbonyl (C=O) groups excluding carboxylic acids is 2. The van der Waals surface area contributed by atoms with Gasteiger partial charge in [-0.2, -0.15) is 0 Å². The third-order valence-electron chi connectivity index (χ3n) is 4.33. The molecule has 1 unspecified atom stereocenters. The predicted octanol–water partition coefficient (Wildman–Crippen LogP) is 2.20. The Bertz CT molecular complexity index is 571. The maximum Gasteiger partial charge on any atom is 0.227 e. The Morgan fingerprint density at radius 3 is 2.91 bits per heavy atom. The van der Waals surface area contributed by atoms with Crippen molar-refractivity contribution in [3.8, 4) is 0 Å². The highest BCUT2D eigenvalue weighted by Crippen LogP contribution is 2.29. The van der Waals surface area contributed by atoms with Crippen molar-refractivity contribution >= 4 is 17.5 Å². The lowest BCUT2D eigenvalue weighted by atomic mass is 10.1. The second kappa shape index (κ2) is 8.11. The predicted molar refractivity (Wildman–Crippen MR) is 90.5 cm³/mol. The molecule has 0 aliphatic carbocycles. The Morgan fingerprint density at radius 2 is 2.17 bits per heavy atom. The first-order valence-corrected chi connectivity index (χ1v) is 8.26. The van der Waals surface area contributed by atoms with E-state index in [0.717, 1.165) is 23.2 Å². The number of hydrogen-bond donors (Lipinski definition) is 1. The molecule has 1 fully saturated rings. The van der Waals surface area contributed by atoms with E-state index in [1.54, 1.807) is 4.90 Å². The van der Waals surface area contributed by atoms with Crippen molar-refractivity contribution in [1.29, 1.82) is 0 Å². The molecule has 1 aromatic rings. The molecule has 23 heavy (non-hydrogen) atoms. The number of benzene rings is 1. The zero-order valence-corrected chi connectivity index (χ0v) is 14.2. The lowest BCUT2D eigenvalue weighted by Gasteiger charge is -2.20. The molecular formula is C18H26N2O3. The van der Waals surface area contributed by atoms with Crippen molar-refractivity contribution in [2.24, 2.45) is 5.92 Å². The average Bonchev–Trinajstić information content (AvgIpc) is 2.91. The van der Waals surface area contributed by atoms with Crippen LogP contribution in [0.5, 0.6) is 0 Å². The van der Waals surface area contributed by atoms with Crippen molar-refractivity contribution in [1.82, 2.24) is 5.32 Å². The van der Waals surface area contributed by atoms with E-state index in [0.29, 0.717) is 26.3 Å². The average molecular weight is 318 g/mol. The van der Waals surface area contributed by atoms with Gasteiger partial charge in [-0.1, -0.05) is 12.1 Å². The maximum absolute atomic E-state index is 12.3. The Kier molecular flexibility index (Phi) is 6.16. The van der Waals surface area contributed by atoms with Crippen molar-refractivity contribution in [2.75, 3.05) is 31.2 Å². The van der Waals surface area contributed by atoms with Crippen LogP contribution in [0.4, 0.5) is 5.69 Å². The molecule has 2 amide bonds. The topological polar surface area (TPSA) is 58.6 Å². The molecule has 1 aliphatic rings. The van der Waals surface area contributed by atoms with E-state index in [1.807, 2.05) is 39.0 Å². The lowest BCUT2D eigenvalue weighted by molar-refractivity contribution is -0.126. The van der Waals surface area contributed by atoms with Gasteiger partial charge in [0.1, 0.15) is 0 Å². The van der Waals surface area contributed by atoms with Gasteiger partial charge in [0.05, 0.1) is 5.92 Å². The molecule has 1 aliphatic heterocycles. The van der Waals surface area contributed by atoms with Crippen molar-refractivity contribution in [3.05, 3.63) is 29.3 Å². The number of rotatable bonds is 7. The van der Waals surface area contributed by atoms with Crippen LogP contribution >= 0.6 is 0 Å². The molecule has 0 bridgehead atoms. The number of hydrogen-bond acceptors (Lipinski definition) is 3. The Balaban J connectivity index is 1.92. The fourth-order valence-corrected chi connectivity index (χ4v) is 2.82. The van der Waals surface area contributed by atoms with E-state index in [-0.39, 0.29) is 24.2 Å². The molecule has 1 saturated heterocycles. The van der Waals surface area contributed by atoms with Crippen LogP contribution in [0.2, 0.25) is 0 Å². The first kappa shape index (κ1) is 17.5. The van der Waals surface area contributed by atoms with Gasteiger partial charge in [-0.3, -0.25) is 9.59 Å². The number of amides is 2. The van der Waals surface area contributed by atoms with Gasteiger partial charge >= 0.3 is 0 Å². The third kappa shape index (κ3) is 4.32. The summed E-state index contributed by atoms with van der Waals surface area (Å²) < 4.78 is 5.24. The normalized spacial score (nSPS) is 17.6. The minimum atomic E-state index is -0.269. The molecule has 2 rings (SSSR count). The Labute approximate surface area is 138 Å². The summed E-state index contributed by atoms with van der Waals surface area (Å²) in [6, 6.07) is 5.93. The van der Waals surface area contributed by atoms with Gasteiger partial charge in [-0.15, -0.1) is 0 Å². The first-order chi connectivity index (χ1) is 11.0. The second-order valence-electron chi connectivity index (χ2n) is 5.97. The molecule has 1 aromatic carbocycles. The Hall–Kier alpha value is -1.88. The quantitative estimate of drug-likeness (QED) is 0.784. The van der Waals surface area contributed by atoms with Crippen LogP contribution in [-0.2, 0) is 14.3 Å². The highest BCUT2D eigenvalue weighted by molar-refractivity contribution is 6.00. The smallest absolute Gasteiger partial charge is 0.227 e. The molecule has 0 spiro atoms. The maximum atomic E-state index is 12.3. The van der Waals surface area contributed by atoms with Gasteiger partial charge in [0.2, 0.25) is 11.8 Å². The number of nitrogens with one attached hydrogen (secondary N) is 1. The van der Waals surface area contributed by atoms with E-state index in [1.165, 1.54) is 0 Å². The monoisotopic (exact) mass is 318 g/mol.